The van der Waals surface area contributed by atoms with Crippen molar-refractivity contribution in [2.75, 3.05) is 28.8 Å². The van der Waals surface area contributed by atoms with E-state index in [0.717, 1.165) is 75.3 Å². The first-order valence-electron chi connectivity index (χ1n) is 15.2. The number of fused-ring (bicyclic) bond motifs is 12. The van der Waals surface area contributed by atoms with Gasteiger partial charge in [-0.1, -0.05) is 69.0 Å². The summed E-state index contributed by atoms with van der Waals surface area (Å²) in [6.07, 6.45) is 10.6. The number of benzene rings is 3. The molecule has 0 fully saturated rings. The topological polar surface area (TPSA) is 51.9 Å². The van der Waals surface area contributed by atoms with Gasteiger partial charge in [-0.3, -0.25) is 0 Å². The van der Waals surface area contributed by atoms with Crippen LogP contribution in [0.3, 0.4) is 0 Å². The predicted molar refractivity (Wildman–Crippen MR) is 176 cm³/mol. The maximum atomic E-state index is 6.77. The van der Waals surface area contributed by atoms with Gasteiger partial charge in [0, 0.05) is 67.1 Å². The van der Waals surface area contributed by atoms with E-state index in [9.17, 15) is 0 Å². The van der Waals surface area contributed by atoms with E-state index in [0.29, 0.717) is 0 Å². The summed E-state index contributed by atoms with van der Waals surface area (Å²) in [5, 5.41) is 2.28. The molecule has 3 aliphatic rings. The zero-order valence-electron chi connectivity index (χ0n) is 25.2. The minimum absolute atomic E-state index is 0.0183. The molecule has 5 heterocycles. The first-order valence-corrected chi connectivity index (χ1v) is 15.2. The Labute approximate surface area is 252 Å². The Hall–Kier alpha value is -4.78. The highest BCUT2D eigenvalue weighted by Gasteiger charge is 2.46. The van der Waals surface area contributed by atoms with Crippen LogP contribution in [0.15, 0.2) is 96.5 Å². The Morgan fingerprint density at radius 3 is 2.42 bits per heavy atom. The van der Waals surface area contributed by atoms with E-state index in [1.54, 1.807) is 12.4 Å². The summed E-state index contributed by atoms with van der Waals surface area (Å²) in [7, 11) is 4.30. The summed E-state index contributed by atoms with van der Waals surface area (Å²) in [5.41, 5.74) is 7.25. The van der Waals surface area contributed by atoms with Crippen molar-refractivity contribution in [2.45, 2.75) is 50.9 Å². The molecule has 0 saturated carbocycles. The van der Waals surface area contributed by atoms with Crippen molar-refractivity contribution in [3.63, 3.8) is 0 Å². The van der Waals surface area contributed by atoms with Crippen LogP contribution in [0.4, 0.5) is 23.0 Å². The van der Waals surface area contributed by atoms with Gasteiger partial charge in [0.25, 0.3) is 0 Å². The lowest BCUT2D eigenvalue weighted by molar-refractivity contribution is 0.319. The number of para-hydroxylation sites is 2. The van der Waals surface area contributed by atoms with Gasteiger partial charge in [-0.25, -0.2) is 9.97 Å². The van der Waals surface area contributed by atoms with Gasteiger partial charge < -0.3 is 24.0 Å². The minimum Gasteiger partial charge on any atom is -0.454 e. The molecule has 2 aromatic heterocycles. The van der Waals surface area contributed by atoms with Crippen molar-refractivity contribution < 1.29 is 4.42 Å². The van der Waals surface area contributed by atoms with Crippen LogP contribution in [0, 0.1) is 0 Å². The normalized spacial score (nSPS) is 20.6. The smallest absolute Gasteiger partial charge is 0.178 e. The van der Waals surface area contributed by atoms with Crippen molar-refractivity contribution in [2.24, 2.45) is 0 Å². The van der Waals surface area contributed by atoms with Gasteiger partial charge in [-0.15, -0.1) is 0 Å². The lowest BCUT2D eigenvalue weighted by Crippen LogP contribution is -2.48. The van der Waals surface area contributed by atoms with Crippen LogP contribution in [0.1, 0.15) is 44.2 Å². The van der Waals surface area contributed by atoms with Crippen molar-refractivity contribution in [1.29, 1.82) is 0 Å². The summed E-state index contributed by atoms with van der Waals surface area (Å²) in [6.45, 7) is 9.50. The zero-order valence-corrected chi connectivity index (χ0v) is 25.2. The number of hydrogen-bond acceptors (Lipinski definition) is 7. The third-order valence-electron chi connectivity index (χ3n) is 10.2. The van der Waals surface area contributed by atoms with Gasteiger partial charge in [0.2, 0.25) is 0 Å². The Morgan fingerprint density at radius 1 is 0.860 bits per heavy atom. The molecule has 0 amide bonds. The fraction of sp³-hybridized carbons (Fsp3) is 0.278. The number of allylic oxidation sites excluding steroid dienone is 1. The quantitative estimate of drug-likeness (QED) is 0.214. The first kappa shape index (κ1) is 25.9. The fourth-order valence-electron chi connectivity index (χ4n) is 7.83. The molecule has 0 spiro atoms. The molecule has 5 aromatic rings. The molecule has 7 heteroatoms. The van der Waals surface area contributed by atoms with E-state index in [2.05, 4.69) is 115 Å². The van der Waals surface area contributed by atoms with Crippen LogP contribution in [0.2, 0.25) is 0 Å². The summed E-state index contributed by atoms with van der Waals surface area (Å²) in [5.74, 6) is 1.77. The van der Waals surface area contributed by atoms with E-state index >= 15 is 0 Å². The van der Waals surface area contributed by atoms with Gasteiger partial charge in [0.1, 0.15) is 17.9 Å². The summed E-state index contributed by atoms with van der Waals surface area (Å²) >= 11 is 0. The second kappa shape index (κ2) is 9.36. The predicted octanol–water partition coefficient (Wildman–Crippen LogP) is 8.01. The monoisotopic (exact) mass is 568 g/mol. The Morgan fingerprint density at radius 2 is 1.60 bits per heavy atom. The van der Waals surface area contributed by atoms with Crippen LogP contribution < -0.4 is 14.7 Å². The molecule has 2 atom stereocenters. The van der Waals surface area contributed by atoms with Crippen molar-refractivity contribution in [3.05, 3.63) is 103 Å². The van der Waals surface area contributed by atoms with Crippen LogP contribution >= 0.6 is 0 Å². The molecule has 2 unspecified atom stereocenters. The number of aromatic nitrogens is 2. The fourth-order valence-corrected chi connectivity index (χ4v) is 7.83. The highest BCUT2D eigenvalue weighted by atomic mass is 16.3. The third-order valence-corrected chi connectivity index (χ3v) is 10.2. The molecular formula is C36H36N6O. The SMILES string of the molecule is C=C1c2ccccc2N2c3nccnc3N(C)C2CC2N(C)C=CN2c2c(ccc3c2oc2ccccc23)C1(CC)CC. The van der Waals surface area contributed by atoms with E-state index in [1.165, 1.54) is 5.56 Å². The number of rotatable bonds is 2. The Kier molecular flexibility index (Phi) is 5.64. The minimum atomic E-state index is -0.338. The van der Waals surface area contributed by atoms with E-state index in [-0.39, 0.29) is 17.7 Å². The van der Waals surface area contributed by atoms with Crippen LogP contribution in [0.25, 0.3) is 27.5 Å². The average molecular weight is 569 g/mol. The summed E-state index contributed by atoms with van der Waals surface area (Å²) in [4.78, 5) is 19.1. The molecule has 216 valence electrons. The van der Waals surface area contributed by atoms with Crippen LogP contribution in [-0.4, -0.2) is 41.3 Å². The largest absolute Gasteiger partial charge is 0.454 e. The number of anilines is 4. The van der Waals surface area contributed by atoms with E-state index in [1.807, 2.05) is 6.07 Å². The molecular weight excluding hydrogens is 532 g/mol. The molecule has 7 nitrogen and oxygen atoms in total. The molecule has 0 radical (unpaired) electrons. The van der Waals surface area contributed by atoms with E-state index in [4.69, 9.17) is 21.0 Å². The van der Waals surface area contributed by atoms with Crippen molar-refractivity contribution >= 4 is 50.5 Å². The highest BCUT2D eigenvalue weighted by molar-refractivity contribution is 6.10. The van der Waals surface area contributed by atoms with Gasteiger partial charge in [0.05, 0.1) is 11.4 Å². The Bertz CT molecular complexity index is 1940. The maximum Gasteiger partial charge on any atom is 0.178 e. The molecule has 8 rings (SSSR count). The van der Waals surface area contributed by atoms with Crippen molar-refractivity contribution in [3.8, 4) is 0 Å². The summed E-state index contributed by atoms with van der Waals surface area (Å²) < 4.78 is 6.77. The summed E-state index contributed by atoms with van der Waals surface area (Å²) in [6, 6.07) is 21.7. The molecule has 3 aliphatic heterocycles. The lowest BCUT2D eigenvalue weighted by atomic mass is 9.67. The Balaban J connectivity index is 1.48. The second-order valence-electron chi connectivity index (χ2n) is 12.0. The molecule has 3 aromatic carbocycles. The molecule has 0 N–H and O–H groups in total. The number of nitrogens with zero attached hydrogens (tertiary/aromatic N) is 6. The van der Waals surface area contributed by atoms with E-state index < -0.39 is 0 Å². The maximum absolute atomic E-state index is 6.77. The zero-order chi connectivity index (χ0) is 29.5. The average Bonchev–Trinajstić information content (AvgIpc) is 3.69. The second-order valence-corrected chi connectivity index (χ2v) is 12.0. The molecule has 0 bridgehead atoms. The van der Waals surface area contributed by atoms with Crippen LogP contribution in [0.5, 0.6) is 0 Å². The molecule has 43 heavy (non-hydrogen) atoms. The number of hydrogen-bond donors (Lipinski definition) is 0. The first-order chi connectivity index (χ1) is 21.0. The van der Waals surface area contributed by atoms with Gasteiger partial charge in [-0.05, 0) is 36.1 Å². The third kappa shape index (κ3) is 3.42. The molecule has 0 saturated heterocycles. The highest BCUT2D eigenvalue weighted by Crippen LogP contribution is 2.54. The van der Waals surface area contributed by atoms with Gasteiger partial charge in [-0.2, -0.15) is 0 Å². The van der Waals surface area contributed by atoms with Gasteiger partial charge in [0.15, 0.2) is 17.2 Å². The standard InChI is InChI=1S/C36H36N6O/c1-6-36(7-2)23(3)24-12-8-10-14-28(24)42-31(40(5)34-35(42)38-19-18-37-34)22-30-39(4)20-21-41(30)32-27(36)17-16-26-25-13-9-11-15-29(25)43-33(26)32/h8-21,30-31H,3,6-7,22H2,1-2,4-5H3. The van der Waals surface area contributed by atoms with Crippen LogP contribution in [-0.2, 0) is 5.41 Å². The lowest BCUT2D eigenvalue weighted by Gasteiger charge is -2.40. The molecule has 0 aliphatic carbocycles. The van der Waals surface area contributed by atoms with Gasteiger partial charge >= 0.3 is 0 Å². The number of furan rings is 1. The van der Waals surface area contributed by atoms with Crippen molar-refractivity contribution in [1.82, 2.24) is 14.9 Å².